The van der Waals surface area contributed by atoms with Crippen molar-refractivity contribution in [3.05, 3.63) is 89.0 Å². The summed E-state index contributed by atoms with van der Waals surface area (Å²) in [6.07, 6.45) is 1.73. The van der Waals surface area contributed by atoms with Crippen LogP contribution in [0.25, 0.3) is 0 Å². The zero-order chi connectivity index (χ0) is 22.7. The molecule has 1 aliphatic rings. The molecule has 4 nitrogen and oxygen atoms in total. The minimum Gasteiger partial charge on any atom is -0.492 e. The molecular formula is C26H29NO3S2. The molecule has 3 aromatic carbocycles. The molecule has 0 heterocycles. The van der Waals surface area contributed by atoms with Gasteiger partial charge in [0.25, 0.3) is 0 Å². The summed E-state index contributed by atoms with van der Waals surface area (Å²) in [6, 6.07) is 20.9. The van der Waals surface area contributed by atoms with E-state index in [9.17, 15) is 8.42 Å². The summed E-state index contributed by atoms with van der Waals surface area (Å²) in [7, 11) is -3.66. The highest BCUT2D eigenvalue weighted by Crippen LogP contribution is 2.45. The minimum atomic E-state index is -3.66. The van der Waals surface area contributed by atoms with Crippen LogP contribution in [0.1, 0.15) is 41.6 Å². The third kappa shape index (κ3) is 4.87. The Bertz CT molecular complexity index is 1190. The van der Waals surface area contributed by atoms with Crippen molar-refractivity contribution in [2.75, 3.05) is 6.61 Å². The first-order valence-electron chi connectivity index (χ1n) is 10.9. The number of thioether (sulfide) groups is 1. The van der Waals surface area contributed by atoms with Crippen LogP contribution >= 0.6 is 11.8 Å². The molecule has 32 heavy (non-hydrogen) atoms. The summed E-state index contributed by atoms with van der Waals surface area (Å²) in [4.78, 5) is 1.37. The van der Waals surface area contributed by atoms with Gasteiger partial charge in [0, 0.05) is 5.25 Å². The van der Waals surface area contributed by atoms with E-state index < -0.39 is 10.0 Å². The summed E-state index contributed by atoms with van der Waals surface area (Å²) < 4.78 is 35.5. The molecule has 0 unspecified atom stereocenters. The van der Waals surface area contributed by atoms with Gasteiger partial charge in [-0.2, -0.15) is 0 Å². The maximum Gasteiger partial charge on any atom is 0.241 e. The lowest BCUT2D eigenvalue weighted by molar-refractivity contribution is 0.310. The Hall–Kier alpha value is -2.28. The molecular weight excluding hydrogens is 438 g/mol. The Morgan fingerprint density at radius 2 is 1.75 bits per heavy atom. The van der Waals surface area contributed by atoms with Crippen molar-refractivity contribution in [3.63, 3.8) is 0 Å². The second kappa shape index (κ2) is 9.69. The summed E-state index contributed by atoms with van der Waals surface area (Å²) in [5.74, 6) is 0.868. The van der Waals surface area contributed by atoms with E-state index in [-0.39, 0.29) is 11.3 Å². The van der Waals surface area contributed by atoms with Crippen molar-refractivity contribution in [1.29, 1.82) is 0 Å². The average Bonchev–Trinajstić information content (AvgIpc) is 3.11. The number of aryl methyl sites for hydroxylation is 2. The number of nitrogens with one attached hydrogen (secondary N) is 1. The molecule has 3 aromatic rings. The van der Waals surface area contributed by atoms with E-state index in [0.29, 0.717) is 11.5 Å². The standard InChI is InChI=1S/C26H29NO3S2/c1-4-16-30-23-11-7-8-19(3)26(23)31-24-17-20-9-5-6-10-22(20)25(24)27-32(28,29)21-14-12-18(2)13-15-21/h5-15,24-25,27H,4,16-17H2,1-3H3/t24-,25-/m0/s1. The number of hydrogen-bond acceptors (Lipinski definition) is 4. The van der Waals surface area contributed by atoms with Gasteiger partial charge in [0.15, 0.2) is 0 Å². The van der Waals surface area contributed by atoms with Crippen molar-refractivity contribution >= 4 is 21.8 Å². The molecule has 0 saturated carbocycles. The number of ether oxygens (including phenoxy) is 1. The second-order valence-corrected chi connectivity index (χ2v) is 11.2. The van der Waals surface area contributed by atoms with Gasteiger partial charge in [-0.1, -0.05) is 61.0 Å². The first-order chi connectivity index (χ1) is 15.4. The molecule has 2 atom stereocenters. The van der Waals surface area contributed by atoms with Crippen LogP contribution in [0.15, 0.2) is 76.5 Å². The van der Waals surface area contributed by atoms with Gasteiger partial charge in [0.2, 0.25) is 10.0 Å². The molecule has 6 heteroatoms. The number of fused-ring (bicyclic) bond motifs is 1. The molecule has 1 N–H and O–H groups in total. The lowest BCUT2D eigenvalue weighted by Crippen LogP contribution is -2.32. The fourth-order valence-corrected chi connectivity index (χ4v) is 6.77. The highest BCUT2D eigenvalue weighted by atomic mass is 32.2. The maximum absolute atomic E-state index is 13.2. The van der Waals surface area contributed by atoms with E-state index in [2.05, 4.69) is 30.7 Å². The molecule has 0 aliphatic heterocycles. The van der Waals surface area contributed by atoms with Crippen molar-refractivity contribution in [2.24, 2.45) is 0 Å². The number of rotatable bonds is 8. The molecule has 168 valence electrons. The fourth-order valence-electron chi connectivity index (χ4n) is 4.01. The van der Waals surface area contributed by atoms with E-state index in [1.807, 2.05) is 49.4 Å². The zero-order valence-corrected chi connectivity index (χ0v) is 20.3. The van der Waals surface area contributed by atoms with Crippen molar-refractivity contribution in [1.82, 2.24) is 4.72 Å². The van der Waals surface area contributed by atoms with Gasteiger partial charge in [-0.15, -0.1) is 11.8 Å². The third-order valence-corrected chi connectivity index (χ3v) is 8.66. The van der Waals surface area contributed by atoms with E-state index >= 15 is 0 Å². The molecule has 4 rings (SSSR count). The minimum absolute atomic E-state index is 0.0256. The predicted octanol–water partition coefficient (Wildman–Crippen LogP) is 5.83. The van der Waals surface area contributed by atoms with Crippen LogP contribution in [-0.4, -0.2) is 20.3 Å². The van der Waals surface area contributed by atoms with Crippen LogP contribution in [0.4, 0.5) is 0 Å². The van der Waals surface area contributed by atoms with Crippen LogP contribution < -0.4 is 9.46 Å². The Kier molecular flexibility index (Phi) is 6.93. The molecule has 0 bridgehead atoms. The average molecular weight is 468 g/mol. The monoisotopic (exact) mass is 467 g/mol. The predicted molar refractivity (Wildman–Crippen MR) is 131 cm³/mol. The SMILES string of the molecule is CCCOc1cccc(C)c1S[C@H]1Cc2ccccc2[C@@H]1NS(=O)(=O)c1ccc(C)cc1. The second-order valence-electron chi connectivity index (χ2n) is 8.22. The van der Waals surface area contributed by atoms with Gasteiger partial charge < -0.3 is 4.74 Å². The van der Waals surface area contributed by atoms with Gasteiger partial charge in [-0.25, -0.2) is 13.1 Å². The molecule has 0 radical (unpaired) electrons. The van der Waals surface area contributed by atoms with Crippen molar-refractivity contribution in [2.45, 2.75) is 54.7 Å². The van der Waals surface area contributed by atoms with E-state index in [4.69, 9.17) is 4.74 Å². The van der Waals surface area contributed by atoms with Crippen LogP contribution in [-0.2, 0) is 16.4 Å². The first-order valence-corrected chi connectivity index (χ1v) is 13.3. The lowest BCUT2D eigenvalue weighted by atomic mass is 10.1. The van der Waals surface area contributed by atoms with Gasteiger partial charge in [0.1, 0.15) is 5.75 Å². The van der Waals surface area contributed by atoms with Crippen molar-refractivity contribution in [3.8, 4) is 5.75 Å². The van der Waals surface area contributed by atoms with Crippen LogP contribution in [0.5, 0.6) is 5.75 Å². The quantitative estimate of drug-likeness (QED) is 0.453. The largest absolute Gasteiger partial charge is 0.492 e. The smallest absolute Gasteiger partial charge is 0.241 e. The molecule has 0 saturated heterocycles. The molecule has 1 aliphatic carbocycles. The molecule has 0 fully saturated rings. The Labute approximate surface area is 195 Å². The Balaban J connectivity index is 1.66. The number of sulfonamides is 1. The topological polar surface area (TPSA) is 55.4 Å². The number of benzene rings is 3. The zero-order valence-electron chi connectivity index (χ0n) is 18.7. The summed E-state index contributed by atoms with van der Waals surface area (Å²) >= 11 is 1.71. The molecule has 0 amide bonds. The van der Waals surface area contributed by atoms with E-state index in [1.165, 1.54) is 5.56 Å². The summed E-state index contributed by atoms with van der Waals surface area (Å²) in [5, 5.41) is 0.0256. The Morgan fingerprint density at radius 1 is 1.00 bits per heavy atom. The summed E-state index contributed by atoms with van der Waals surface area (Å²) in [6.45, 7) is 6.77. The molecule has 0 spiro atoms. The van der Waals surface area contributed by atoms with Gasteiger partial charge in [0.05, 0.1) is 22.4 Å². The lowest BCUT2D eigenvalue weighted by Gasteiger charge is -2.23. The number of hydrogen-bond donors (Lipinski definition) is 1. The van der Waals surface area contributed by atoms with Crippen LogP contribution in [0.2, 0.25) is 0 Å². The first kappa shape index (κ1) is 22.9. The third-order valence-electron chi connectivity index (χ3n) is 5.70. The summed E-state index contributed by atoms with van der Waals surface area (Å²) in [5.41, 5.74) is 4.40. The highest BCUT2D eigenvalue weighted by Gasteiger charge is 2.36. The van der Waals surface area contributed by atoms with Gasteiger partial charge in [-0.05, 0) is 61.6 Å². The Morgan fingerprint density at radius 3 is 2.50 bits per heavy atom. The van der Waals surface area contributed by atoms with E-state index in [0.717, 1.165) is 40.2 Å². The van der Waals surface area contributed by atoms with Gasteiger partial charge in [-0.3, -0.25) is 0 Å². The van der Waals surface area contributed by atoms with E-state index in [1.54, 1.807) is 23.9 Å². The fraction of sp³-hybridized carbons (Fsp3) is 0.308. The van der Waals surface area contributed by atoms with Crippen LogP contribution in [0, 0.1) is 13.8 Å². The molecule has 0 aromatic heterocycles. The van der Waals surface area contributed by atoms with Crippen LogP contribution in [0.3, 0.4) is 0 Å². The maximum atomic E-state index is 13.2. The highest BCUT2D eigenvalue weighted by molar-refractivity contribution is 8.00. The van der Waals surface area contributed by atoms with Crippen molar-refractivity contribution < 1.29 is 13.2 Å². The normalized spacial score (nSPS) is 17.8. The van der Waals surface area contributed by atoms with Gasteiger partial charge >= 0.3 is 0 Å².